The van der Waals surface area contributed by atoms with E-state index in [-0.39, 0.29) is 6.03 Å². The highest BCUT2D eigenvalue weighted by Gasteiger charge is 2.23. The second-order valence-electron chi connectivity index (χ2n) is 6.37. The third-order valence-corrected chi connectivity index (χ3v) is 4.56. The van der Waals surface area contributed by atoms with Crippen molar-refractivity contribution in [3.63, 3.8) is 0 Å². The first-order chi connectivity index (χ1) is 12.7. The molecule has 1 aliphatic rings. The van der Waals surface area contributed by atoms with Gasteiger partial charge in [0.2, 0.25) is 0 Å². The average Bonchev–Trinajstić information content (AvgIpc) is 2.69. The Morgan fingerprint density at radius 1 is 1.12 bits per heavy atom. The van der Waals surface area contributed by atoms with Gasteiger partial charge in [-0.15, -0.1) is 6.42 Å². The van der Waals surface area contributed by atoms with Crippen molar-refractivity contribution in [1.29, 1.82) is 0 Å². The zero-order valence-electron chi connectivity index (χ0n) is 14.6. The lowest BCUT2D eigenvalue weighted by atomic mass is 10.1. The van der Waals surface area contributed by atoms with Crippen LogP contribution in [0.3, 0.4) is 0 Å². The van der Waals surface area contributed by atoms with Crippen molar-refractivity contribution in [2.45, 2.75) is 6.10 Å². The third kappa shape index (κ3) is 4.63. The van der Waals surface area contributed by atoms with Crippen LogP contribution in [0.25, 0.3) is 0 Å². The van der Waals surface area contributed by atoms with E-state index in [1.807, 2.05) is 48.5 Å². The maximum absolute atomic E-state index is 12.4. The zero-order chi connectivity index (χ0) is 18.4. The van der Waals surface area contributed by atoms with Gasteiger partial charge in [-0.05, 0) is 23.8 Å². The quantitative estimate of drug-likeness (QED) is 0.834. The number of amides is 2. The number of urea groups is 1. The Labute approximate surface area is 154 Å². The molecule has 0 aliphatic carbocycles. The predicted molar refractivity (Wildman–Crippen MR) is 103 cm³/mol. The molecule has 1 heterocycles. The molecule has 2 amide bonds. The van der Waals surface area contributed by atoms with Gasteiger partial charge in [0.1, 0.15) is 0 Å². The molecule has 2 N–H and O–H groups in total. The van der Waals surface area contributed by atoms with Crippen molar-refractivity contribution in [2.75, 3.05) is 38.0 Å². The largest absolute Gasteiger partial charge is 0.387 e. The molecule has 1 fully saturated rings. The van der Waals surface area contributed by atoms with E-state index < -0.39 is 6.10 Å². The normalized spacial score (nSPS) is 15.9. The number of piperazine rings is 1. The summed E-state index contributed by atoms with van der Waals surface area (Å²) in [6.45, 7) is 3.30. The minimum absolute atomic E-state index is 0.123. The molecule has 5 nitrogen and oxygen atoms in total. The number of rotatable bonds is 4. The van der Waals surface area contributed by atoms with E-state index >= 15 is 0 Å². The number of nitrogens with zero attached hydrogens (tertiary/aromatic N) is 2. The SMILES string of the molecule is C#Cc1cccc(NC(=O)N2CCN(C[C@H](O)c3ccccc3)CC2)c1. The zero-order valence-corrected chi connectivity index (χ0v) is 14.6. The van der Waals surface area contributed by atoms with E-state index in [4.69, 9.17) is 6.42 Å². The van der Waals surface area contributed by atoms with Crippen LogP contribution in [-0.2, 0) is 0 Å². The van der Waals surface area contributed by atoms with E-state index in [1.54, 1.807) is 11.0 Å². The number of nitrogens with one attached hydrogen (secondary N) is 1. The van der Waals surface area contributed by atoms with Gasteiger partial charge in [0.05, 0.1) is 6.10 Å². The second kappa shape index (κ2) is 8.52. The van der Waals surface area contributed by atoms with Crippen molar-refractivity contribution >= 4 is 11.7 Å². The minimum atomic E-state index is -0.511. The number of anilines is 1. The number of carbonyl (C=O) groups is 1. The fourth-order valence-corrected chi connectivity index (χ4v) is 3.05. The van der Waals surface area contributed by atoms with Crippen molar-refractivity contribution in [2.24, 2.45) is 0 Å². The van der Waals surface area contributed by atoms with Crippen LogP contribution in [0.5, 0.6) is 0 Å². The molecule has 134 valence electrons. The van der Waals surface area contributed by atoms with Crippen LogP contribution in [-0.4, -0.2) is 53.7 Å². The first-order valence-electron chi connectivity index (χ1n) is 8.73. The molecule has 3 rings (SSSR count). The molecular weight excluding hydrogens is 326 g/mol. The molecule has 0 unspecified atom stereocenters. The lowest BCUT2D eigenvalue weighted by Gasteiger charge is -2.35. The summed E-state index contributed by atoms with van der Waals surface area (Å²) in [6, 6.07) is 16.8. The number of aliphatic hydroxyl groups is 1. The summed E-state index contributed by atoms with van der Waals surface area (Å²) in [5.41, 5.74) is 2.36. The molecule has 0 radical (unpaired) electrons. The minimum Gasteiger partial charge on any atom is -0.387 e. The monoisotopic (exact) mass is 349 g/mol. The molecule has 26 heavy (non-hydrogen) atoms. The lowest BCUT2D eigenvalue weighted by Crippen LogP contribution is -2.50. The number of carbonyl (C=O) groups excluding carboxylic acids is 1. The van der Waals surface area contributed by atoms with Gasteiger partial charge >= 0.3 is 6.03 Å². The topological polar surface area (TPSA) is 55.8 Å². The summed E-state index contributed by atoms with van der Waals surface area (Å²) in [7, 11) is 0. The summed E-state index contributed by atoms with van der Waals surface area (Å²) in [6.07, 6.45) is 4.88. The molecule has 1 saturated heterocycles. The number of β-amino-alcohol motifs (C(OH)–C–C–N with tert-alkyl or cyclic N) is 1. The average molecular weight is 349 g/mol. The Balaban J connectivity index is 1.48. The van der Waals surface area contributed by atoms with E-state index in [2.05, 4.69) is 16.1 Å². The molecule has 2 aromatic carbocycles. The van der Waals surface area contributed by atoms with Gasteiger partial charge in [0, 0.05) is 44.0 Å². The van der Waals surface area contributed by atoms with Crippen LogP contribution in [0.1, 0.15) is 17.2 Å². The molecule has 1 atom stereocenters. The molecular formula is C21H23N3O2. The molecule has 1 aliphatic heterocycles. The Morgan fingerprint density at radius 2 is 1.85 bits per heavy atom. The maximum atomic E-state index is 12.4. The number of benzene rings is 2. The fraction of sp³-hybridized carbons (Fsp3) is 0.286. The van der Waals surface area contributed by atoms with Gasteiger partial charge < -0.3 is 15.3 Å². The molecule has 5 heteroatoms. The van der Waals surface area contributed by atoms with Crippen molar-refractivity contribution in [3.8, 4) is 12.3 Å². The third-order valence-electron chi connectivity index (χ3n) is 4.56. The Bertz CT molecular complexity index is 777. The lowest BCUT2D eigenvalue weighted by molar-refractivity contribution is 0.0831. The predicted octanol–water partition coefficient (Wildman–Crippen LogP) is 2.55. The highest BCUT2D eigenvalue weighted by atomic mass is 16.3. The number of hydrogen-bond donors (Lipinski definition) is 2. The summed E-state index contributed by atoms with van der Waals surface area (Å²) >= 11 is 0. The van der Waals surface area contributed by atoms with Crippen LogP contribution in [0.2, 0.25) is 0 Å². The summed E-state index contributed by atoms with van der Waals surface area (Å²) in [5.74, 6) is 2.56. The Morgan fingerprint density at radius 3 is 2.54 bits per heavy atom. The molecule has 0 bridgehead atoms. The highest BCUT2D eigenvalue weighted by Crippen LogP contribution is 2.16. The number of aliphatic hydroxyl groups excluding tert-OH is 1. The van der Waals surface area contributed by atoms with Gasteiger partial charge in [-0.25, -0.2) is 4.79 Å². The smallest absolute Gasteiger partial charge is 0.321 e. The van der Waals surface area contributed by atoms with Crippen LogP contribution in [0.4, 0.5) is 10.5 Å². The molecule has 2 aromatic rings. The van der Waals surface area contributed by atoms with E-state index in [9.17, 15) is 9.90 Å². The van der Waals surface area contributed by atoms with E-state index in [0.29, 0.717) is 25.3 Å². The summed E-state index contributed by atoms with van der Waals surface area (Å²) in [4.78, 5) is 16.4. The fourth-order valence-electron chi connectivity index (χ4n) is 3.05. The summed E-state index contributed by atoms with van der Waals surface area (Å²) in [5, 5.41) is 13.2. The highest BCUT2D eigenvalue weighted by molar-refractivity contribution is 5.89. The maximum Gasteiger partial charge on any atom is 0.321 e. The Hall–Kier alpha value is -2.81. The van der Waals surface area contributed by atoms with E-state index in [1.165, 1.54) is 0 Å². The van der Waals surface area contributed by atoms with E-state index in [0.717, 1.165) is 24.2 Å². The van der Waals surface area contributed by atoms with Gasteiger partial charge in [-0.2, -0.15) is 0 Å². The van der Waals surface area contributed by atoms with Gasteiger partial charge in [-0.1, -0.05) is 42.3 Å². The van der Waals surface area contributed by atoms with Crippen LogP contribution >= 0.6 is 0 Å². The van der Waals surface area contributed by atoms with Crippen LogP contribution in [0.15, 0.2) is 54.6 Å². The van der Waals surface area contributed by atoms with Crippen LogP contribution in [0, 0.1) is 12.3 Å². The Kier molecular flexibility index (Phi) is 5.90. The summed E-state index contributed by atoms with van der Waals surface area (Å²) < 4.78 is 0. The van der Waals surface area contributed by atoms with Crippen molar-refractivity contribution < 1.29 is 9.90 Å². The van der Waals surface area contributed by atoms with Crippen molar-refractivity contribution in [1.82, 2.24) is 9.80 Å². The standard InChI is InChI=1S/C21H23N3O2/c1-2-17-7-6-10-19(15-17)22-21(26)24-13-11-23(12-14-24)16-20(25)18-8-4-3-5-9-18/h1,3-10,15,20,25H,11-14,16H2,(H,22,26)/t20-/m0/s1. The van der Waals surface area contributed by atoms with Gasteiger partial charge in [-0.3, -0.25) is 4.90 Å². The molecule has 0 aromatic heterocycles. The van der Waals surface area contributed by atoms with Gasteiger partial charge in [0.25, 0.3) is 0 Å². The molecule has 0 spiro atoms. The first-order valence-corrected chi connectivity index (χ1v) is 8.73. The first kappa shape index (κ1) is 18.0. The molecule has 0 saturated carbocycles. The van der Waals surface area contributed by atoms with Crippen LogP contribution < -0.4 is 5.32 Å². The second-order valence-corrected chi connectivity index (χ2v) is 6.37. The van der Waals surface area contributed by atoms with Gasteiger partial charge in [0.15, 0.2) is 0 Å². The van der Waals surface area contributed by atoms with Crippen molar-refractivity contribution in [3.05, 3.63) is 65.7 Å². The number of terminal acetylenes is 1. The number of hydrogen-bond acceptors (Lipinski definition) is 3.